The summed E-state index contributed by atoms with van der Waals surface area (Å²) >= 11 is 17.4. The van der Waals surface area contributed by atoms with Crippen molar-refractivity contribution in [3.05, 3.63) is 62.5 Å². The van der Waals surface area contributed by atoms with Gasteiger partial charge in [-0.15, -0.1) is 11.8 Å². The summed E-state index contributed by atoms with van der Waals surface area (Å²) in [5.74, 6) is 0.939. The van der Waals surface area contributed by atoms with Gasteiger partial charge in [0.05, 0.1) is 5.02 Å². The Hall–Kier alpha value is -0.190. The lowest BCUT2D eigenvalue weighted by Crippen LogP contribution is -2.21. The summed E-state index contributed by atoms with van der Waals surface area (Å²) in [6, 6.07) is 14.1. The van der Waals surface area contributed by atoms with E-state index >= 15 is 0 Å². The van der Waals surface area contributed by atoms with E-state index in [1.165, 1.54) is 5.56 Å². The van der Waals surface area contributed by atoms with E-state index in [1.54, 1.807) is 17.8 Å². The molecule has 2 aromatic rings. The van der Waals surface area contributed by atoms with Gasteiger partial charge in [0.25, 0.3) is 0 Å². The van der Waals surface area contributed by atoms with Gasteiger partial charge in [0.1, 0.15) is 0 Å². The highest BCUT2D eigenvalue weighted by molar-refractivity contribution is 9.10. The normalized spacial score (nSPS) is 12.4. The molecule has 0 aliphatic heterocycles. The second-order valence-electron chi connectivity index (χ2n) is 4.62. The molecule has 0 amide bonds. The average molecular weight is 405 g/mol. The van der Waals surface area contributed by atoms with E-state index in [1.807, 2.05) is 18.2 Å². The molecule has 0 heterocycles. The number of halogens is 3. The highest BCUT2D eigenvalue weighted by Gasteiger charge is 2.08. The van der Waals surface area contributed by atoms with Gasteiger partial charge in [-0.1, -0.05) is 57.3 Å². The van der Waals surface area contributed by atoms with Crippen LogP contribution >= 0.6 is 50.9 Å². The third-order valence-electron chi connectivity index (χ3n) is 3.08. The maximum Gasteiger partial charge on any atom is 0.0542 e. The number of thioether (sulfide) groups is 1. The molecular weight excluding hydrogens is 389 g/mol. The van der Waals surface area contributed by atoms with Crippen LogP contribution in [-0.4, -0.2) is 12.3 Å². The Morgan fingerprint density at radius 1 is 1.19 bits per heavy atom. The van der Waals surface area contributed by atoms with Crippen LogP contribution in [0.1, 0.15) is 18.5 Å². The smallest absolute Gasteiger partial charge is 0.0542 e. The first-order chi connectivity index (χ1) is 10.1. The van der Waals surface area contributed by atoms with Crippen LogP contribution in [0.3, 0.4) is 0 Å². The highest BCUT2D eigenvalue weighted by atomic mass is 79.9. The van der Waals surface area contributed by atoms with Crippen LogP contribution in [0.4, 0.5) is 0 Å². The van der Waals surface area contributed by atoms with E-state index in [-0.39, 0.29) is 0 Å². The molecular formula is C16H16BrCl2NS. The van der Waals surface area contributed by atoms with Crippen LogP contribution in [0.2, 0.25) is 10.0 Å². The Morgan fingerprint density at radius 3 is 2.71 bits per heavy atom. The molecule has 1 nitrogen and oxygen atoms in total. The van der Waals surface area contributed by atoms with Crippen LogP contribution in [0.5, 0.6) is 0 Å². The molecule has 0 spiro atoms. The minimum Gasteiger partial charge on any atom is -0.309 e. The van der Waals surface area contributed by atoms with Crippen LogP contribution in [0.25, 0.3) is 0 Å². The molecule has 0 aliphatic rings. The summed E-state index contributed by atoms with van der Waals surface area (Å²) in [6.07, 6.45) is 0. The third-order valence-corrected chi connectivity index (χ3v) is 5.53. The molecule has 0 bridgehead atoms. The first kappa shape index (κ1) is 17.2. The number of hydrogen-bond acceptors (Lipinski definition) is 2. The fourth-order valence-electron chi connectivity index (χ4n) is 1.96. The molecule has 1 atom stereocenters. The fraction of sp³-hybridized carbons (Fsp3) is 0.250. The molecule has 21 heavy (non-hydrogen) atoms. The topological polar surface area (TPSA) is 12.0 Å². The van der Waals surface area contributed by atoms with Crippen LogP contribution < -0.4 is 5.32 Å². The largest absolute Gasteiger partial charge is 0.309 e. The van der Waals surface area contributed by atoms with E-state index < -0.39 is 0 Å². The van der Waals surface area contributed by atoms with Crippen LogP contribution in [0.15, 0.2) is 51.8 Å². The zero-order chi connectivity index (χ0) is 15.2. The molecule has 5 heteroatoms. The van der Waals surface area contributed by atoms with Gasteiger partial charge in [0.2, 0.25) is 0 Å². The van der Waals surface area contributed by atoms with Crippen molar-refractivity contribution >= 4 is 50.9 Å². The standard InChI is InChI=1S/C16H16BrCl2NS/c1-11(13-4-2-3-5-14(13)17)20-8-9-21-16-10-12(18)6-7-15(16)19/h2-7,10-11,20H,8-9H2,1H3. The molecule has 2 aromatic carbocycles. The molecule has 1 unspecified atom stereocenters. The minimum absolute atomic E-state index is 0.302. The van der Waals surface area contributed by atoms with Gasteiger partial charge in [-0.25, -0.2) is 0 Å². The summed E-state index contributed by atoms with van der Waals surface area (Å²) in [5.41, 5.74) is 1.27. The summed E-state index contributed by atoms with van der Waals surface area (Å²) < 4.78 is 1.13. The van der Waals surface area contributed by atoms with Gasteiger partial charge in [-0.3, -0.25) is 0 Å². The summed E-state index contributed by atoms with van der Waals surface area (Å²) in [6.45, 7) is 3.06. The maximum absolute atomic E-state index is 6.15. The van der Waals surface area contributed by atoms with Crippen molar-refractivity contribution in [3.8, 4) is 0 Å². The van der Waals surface area contributed by atoms with Crippen molar-refractivity contribution < 1.29 is 0 Å². The van der Waals surface area contributed by atoms with E-state index in [2.05, 4.69) is 46.4 Å². The van der Waals surface area contributed by atoms with Crippen molar-refractivity contribution in [1.29, 1.82) is 0 Å². The quantitative estimate of drug-likeness (QED) is 0.454. The molecule has 112 valence electrons. The fourth-order valence-corrected chi connectivity index (χ4v) is 3.96. The number of hydrogen-bond donors (Lipinski definition) is 1. The summed E-state index contributed by atoms with van der Waals surface area (Å²) in [4.78, 5) is 1.03. The van der Waals surface area contributed by atoms with Crippen molar-refractivity contribution in [2.75, 3.05) is 12.3 Å². The third kappa shape index (κ3) is 5.19. The van der Waals surface area contributed by atoms with Crippen molar-refractivity contribution in [2.24, 2.45) is 0 Å². The molecule has 0 saturated carbocycles. The SMILES string of the molecule is CC(NCCSc1cc(Cl)ccc1Cl)c1ccccc1Br. The van der Waals surface area contributed by atoms with Gasteiger partial charge >= 0.3 is 0 Å². The Bertz CT molecular complexity index is 607. The first-order valence-corrected chi connectivity index (χ1v) is 9.17. The molecule has 0 fully saturated rings. The minimum atomic E-state index is 0.302. The van der Waals surface area contributed by atoms with Crippen molar-refractivity contribution in [3.63, 3.8) is 0 Å². The van der Waals surface area contributed by atoms with E-state index in [4.69, 9.17) is 23.2 Å². The summed E-state index contributed by atoms with van der Waals surface area (Å²) in [5, 5.41) is 4.99. The number of nitrogens with one attached hydrogen (secondary N) is 1. The van der Waals surface area contributed by atoms with Crippen molar-refractivity contribution in [2.45, 2.75) is 17.9 Å². The summed E-state index contributed by atoms with van der Waals surface area (Å²) in [7, 11) is 0. The highest BCUT2D eigenvalue weighted by Crippen LogP contribution is 2.29. The molecule has 0 radical (unpaired) electrons. The molecule has 1 N–H and O–H groups in total. The number of benzene rings is 2. The molecule has 0 aromatic heterocycles. The second kappa shape index (κ2) is 8.44. The van der Waals surface area contributed by atoms with Gasteiger partial charge in [0.15, 0.2) is 0 Å². The Kier molecular flexibility index (Phi) is 6.90. The van der Waals surface area contributed by atoms with Crippen molar-refractivity contribution in [1.82, 2.24) is 5.32 Å². The molecule has 2 rings (SSSR count). The van der Waals surface area contributed by atoms with Gasteiger partial charge in [-0.2, -0.15) is 0 Å². The lowest BCUT2D eigenvalue weighted by atomic mass is 10.1. The number of rotatable bonds is 6. The zero-order valence-corrected chi connectivity index (χ0v) is 15.5. The second-order valence-corrected chi connectivity index (χ2v) is 7.46. The predicted molar refractivity (Wildman–Crippen MR) is 97.7 cm³/mol. The average Bonchev–Trinajstić information content (AvgIpc) is 2.47. The van der Waals surface area contributed by atoms with E-state index in [9.17, 15) is 0 Å². The Morgan fingerprint density at radius 2 is 1.95 bits per heavy atom. The van der Waals surface area contributed by atoms with Crippen LogP contribution in [-0.2, 0) is 0 Å². The zero-order valence-electron chi connectivity index (χ0n) is 11.6. The lowest BCUT2D eigenvalue weighted by molar-refractivity contribution is 0.599. The molecule has 0 saturated heterocycles. The van der Waals surface area contributed by atoms with E-state index in [0.717, 1.165) is 31.7 Å². The Labute approximate surface area is 148 Å². The maximum atomic E-state index is 6.15. The van der Waals surface area contributed by atoms with Gasteiger partial charge in [-0.05, 0) is 36.8 Å². The first-order valence-electron chi connectivity index (χ1n) is 6.63. The van der Waals surface area contributed by atoms with Gasteiger partial charge < -0.3 is 5.32 Å². The Balaban J connectivity index is 1.82. The van der Waals surface area contributed by atoms with Crippen LogP contribution in [0, 0.1) is 0 Å². The predicted octanol–water partition coefficient (Wildman–Crippen LogP) is 6.20. The van der Waals surface area contributed by atoms with E-state index in [0.29, 0.717) is 6.04 Å². The van der Waals surface area contributed by atoms with Gasteiger partial charge in [0, 0.05) is 32.7 Å². The monoisotopic (exact) mass is 403 g/mol. The molecule has 0 aliphatic carbocycles. The lowest BCUT2D eigenvalue weighted by Gasteiger charge is -2.15.